The summed E-state index contributed by atoms with van der Waals surface area (Å²) in [5.74, 6) is -2.39. The fourth-order valence-electron chi connectivity index (χ4n) is 6.53. The number of phosphoric ester groups is 1. The molecule has 1 unspecified atom stereocenters. The van der Waals surface area contributed by atoms with Crippen LogP contribution in [0.4, 0.5) is 0 Å². The zero-order valence-corrected chi connectivity index (χ0v) is 37.8. The van der Waals surface area contributed by atoms with Gasteiger partial charge in [-0.2, -0.15) is 0 Å². The predicted molar refractivity (Wildman–Crippen MR) is 236 cm³/mol. The van der Waals surface area contributed by atoms with E-state index in [0.717, 1.165) is 57.8 Å². The van der Waals surface area contributed by atoms with Gasteiger partial charge in [-0.3, -0.25) is 23.4 Å². The van der Waals surface area contributed by atoms with E-state index >= 15 is 0 Å². The highest BCUT2D eigenvalue weighted by Crippen LogP contribution is 2.43. The standard InChI is InChI=1S/C46H86NO10P/c1-3-5-7-9-11-13-15-17-19-20-21-22-24-26-28-30-32-34-36-38-45(49)57-42(40-55-58(52,53)56-41-43(47)46(50)51)39-54-44(48)37-35-33-31-29-27-25-23-18-16-14-12-10-8-6-4-2/h14,16,18,23,42-43H,3-13,15,17,19-22,24-41,47H2,1-2H3,(H,50,51)(H,52,53)/b16-14+,23-18+/t42-,43+/m1/s1. The normalized spacial score (nSPS) is 13.9. The van der Waals surface area contributed by atoms with E-state index in [1.54, 1.807) is 0 Å². The molecule has 0 aromatic heterocycles. The van der Waals surface area contributed by atoms with Crippen LogP contribution in [0.1, 0.15) is 219 Å². The van der Waals surface area contributed by atoms with Crippen molar-refractivity contribution < 1.29 is 47.5 Å². The van der Waals surface area contributed by atoms with E-state index in [9.17, 15) is 23.8 Å². The molecular formula is C46H86NO10P. The molecule has 0 spiro atoms. The Kier molecular flexibility index (Phi) is 40.2. The Morgan fingerprint density at radius 3 is 1.33 bits per heavy atom. The Morgan fingerprint density at radius 2 is 0.897 bits per heavy atom. The maximum Gasteiger partial charge on any atom is 0.472 e. The molecule has 0 fully saturated rings. The number of nitrogens with two attached hydrogens (primary N) is 1. The fraction of sp³-hybridized carbons (Fsp3) is 0.848. The Bertz CT molecular complexity index is 1080. The van der Waals surface area contributed by atoms with Gasteiger partial charge in [-0.15, -0.1) is 0 Å². The molecule has 0 saturated heterocycles. The van der Waals surface area contributed by atoms with E-state index < -0.39 is 51.1 Å². The van der Waals surface area contributed by atoms with Crippen LogP contribution in [0.25, 0.3) is 0 Å². The van der Waals surface area contributed by atoms with Crippen molar-refractivity contribution in [1.82, 2.24) is 0 Å². The second kappa shape index (κ2) is 41.7. The lowest BCUT2D eigenvalue weighted by Crippen LogP contribution is -2.34. The van der Waals surface area contributed by atoms with Gasteiger partial charge >= 0.3 is 25.7 Å². The van der Waals surface area contributed by atoms with Crippen molar-refractivity contribution in [2.45, 2.75) is 231 Å². The summed E-state index contributed by atoms with van der Waals surface area (Å²) < 4.78 is 32.7. The first-order valence-electron chi connectivity index (χ1n) is 23.4. The molecule has 11 nitrogen and oxygen atoms in total. The number of rotatable bonds is 44. The van der Waals surface area contributed by atoms with Gasteiger partial charge in [-0.1, -0.05) is 192 Å². The first kappa shape index (κ1) is 56.0. The molecule has 0 aliphatic carbocycles. The molecule has 4 N–H and O–H groups in total. The Morgan fingerprint density at radius 1 is 0.534 bits per heavy atom. The molecule has 0 aromatic carbocycles. The van der Waals surface area contributed by atoms with Crippen LogP contribution < -0.4 is 5.73 Å². The molecule has 58 heavy (non-hydrogen) atoms. The van der Waals surface area contributed by atoms with E-state index in [-0.39, 0.29) is 19.4 Å². The summed E-state index contributed by atoms with van der Waals surface area (Å²) in [5, 5.41) is 8.90. The summed E-state index contributed by atoms with van der Waals surface area (Å²) in [6, 6.07) is -1.52. The summed E-state index contributed by atoms with van der Waals surface area (Å²) in [6.45, 7) is 2.80. The van der Waals surface area contributed by atoms with Crippen molar-refractivity contribution in [2.24, 2.45) is 5.73 Å². The van der Waals surface area contributed by atoms with E-state index in [4.69, 9.17) is 24.8 Å². The number of carboxylic acids is 1. The number of ether oxygens (including phenoxy) is 2. The van der Waals surface area contributed by atoms with Gasteiger partial charge < -0.3 is 25.2 Å². The quantitative estimate of drug-likeness (QED) is 0.0231. The minimum Gasteiger partial charge on any atom is -0.480 e. The van der Waals surface area contributed by atoms with Gasteiger partial charge in [0.2, 0.25) is 0 Å². The Balaban J connectivity index is 4.30. The average molecular weight is 844 g/mol. The highest BCUT2D eigenvalue weighted by atomic mass is 31.2. The van der Waals surface area contributed by atoms with Crippen LogP contribution >= 0.6 is 7.82 Å². The van der Waals surface area contributed by atoms with E-state index in [1.165, 1.54) is 122 Å². The van der Waals surface area contributed by atoms with Crippen LogP contribution in [-0.4, -0.2) is 59.9 Å². The number of unbranched alkanes of at least 4 members (excludes halogenated alkanes) is 27. The first-order valence-corrected chi connectivity index (χ1v) is 24.9. The summed E-state index contributed by atoms with van der Waals surface area (Å²) >= 11 is 0. The molecule has 340 valence electrons. The van der Waals surface area contributed by atoms with Gasteiger partial charge in [0.15, 0.2) is 6.10 Å². The predicted octanol–water partition coefficient (Wildman–Crippen LogP) is 12.6. The van der Waals surface area contributed by atoms with Crippen LogP contribution in [0.5, 0.6) is 0 Å². The van der Waals surface area contributed by atoms with Gasteiger partial charge in [-0.25, -0.2) is 4.57 Å². The molecule has 0 amide bonds. The van der Waals surface area contributed by atoms with Gasteiger partial charge in [0.1, 0.15) is 12.6 Å². The minimum absolute atomic E-state index is 0.162. The molecule has 0 rings (SSSR count). The Hall–Kier alpha value is -2.04. The molecule has 0 aliphatic heterocycles. The van der Waals surface area contributed by atoms with Gasteiger partial charge in [0.05, 0.1) is 13.2 Å². The number of esters is 2. The van der Waals surface area contributed by atoms with Crippen molar-refractivity contribution in [2.75, 3.05) is 19.8 Å². The summed E-state index contributed by atoms with van der Waals surface area (Å²) in [5.41, 5.74) is 5.34. The number of aliphatic carboxylic acids is 1. The summed E-state index contributed by atoms with van der Waals surface area (Å²) in [6.07, 6.45) is 43.8. The highest BCUT2D eigenvalue weighted by molar-refractivity contribution is 7.47. The van der Waals surface area contributed by atoms with Crippen LogP contribution in [0.3, 0.4) is 0 Å². The zero-order valence-electron chi connectivity index (χ0n) is 36.9. The molecule has 0 radical (unpaired) electrons. The lowest BCUT2D eigenvalue weighted by Gasteiger charge is -2.20. The second-order valence-corrected chi connectivity index (χ2v) is 17.4. The van der Waals surface area contributed by atoms with Gasteiger partial charge in [-0.05, 0) is 38.5 Å². The highest BCUT2D eigenvalue weighted by Gasteiger charge is 2.28. The number of hydrogen-bond donors (Lipinski definition) is 3. The first-order chi connectivity index (χ1) is 28.1. The third-order valence-electron chi connectivity index (χ3n) is 10.2. The number of carboxylic acid groups (broad SMARTS) is 1. The number of carbonyl (C=O) groups is 3. The molecular weight excluding hydrogens is 757 g/mol. The maximum atomic E-state index is 12.7. The van der Waals surface area contributed by atoms with Crippen molar-refractivity contribution >= 4 is 25.7 Å². The smallest absolute Gasteiger partial charge is 0.472 e. The van der Waals surface area contributed by atoms with E-state index in [1.807, 2.05) is 0 Å². The molecule has 0 aliphatic rings. The SMILES string of the molecule is CCCCCC/C=C/C=C/CCCCCCCC(=O)OC[C@H](COP(=O)(O)OC[C@H](N)C(=O)O)OC(=O)CCCCCCCCCCCCCCCCCCCCC. The lowest BCUT2D eigenvalue weighted by molar-refractivity contribution is -0.161. The third kappa shape index (κ3) is 40.7. The van der Waals surface area contributed by atoms with Crippen LogP contribution in [0.2, 0.25) is 0 Å². The molecule has 0 aromatic rings. The van der Waals surface area contributed by atoms with Crippen molar-refractivity contribution in [3.05, 3.63) is 24.3 Å². The van der Waals surface area contributed by atoms with Crippen molar-refractivity contribution in [3.8, 4) is 0 Å². The molecule has 0 heterocycles. The topological polar surface area (TPSA) is 172 Å². The van der Waals surface area contributed by atoms with Crippen molar-refractivity contribution in [3.63, 3.8) is 0 Å². The lowest BCUT2D eigenvalue weighted by atomic mass is 10.0. The third-order valence-corrected chi connectivity index (χ3v) is 11.2. The van der Waals surface area contributed by atoms with Crippen molar-refractivity contribution in [1.29, 1.82) is 0 Å². The largest absolute Gasteiger partial charge is 0.480 e. The number of hydrogen-bond acceptors (Lipinski definition) is 9. The van der Waals surface area contributed by atoms with E-state index in [0.29, 0.717) is 12.8 Å². The fourth-order valence-corrected chi connectivity index (χ4v) is 7.31. The van der Waals surface area contributed by atoms with Crippen LogP contribution in [-0.2, 0) is 37.5 Å². The van der Waals surface area contributed by atoms with E-state index in [2.05, 4.69) is 42.7 Å². The zero-order chi connectivity index (χ0) is 42.8. The monoisotopic (exact) mass is 844 g/mol. The molecule has 3 atom stereocenters. The van der Waals surface area contributed by atoms with Gasteiger partial charge in [0, 0.05) is 12.8 Å². The summed E-state index contributed by atoms with van der Waals surface area (Å²) in [7, 11) is -4.72. The second-order valence-electron chi connectivity index (χ2n) is 15.9. The molecule has 0 bridgehead atoms. The molecule has 12 heteroatoms. The number of phosphoric acid groups is 1. The van der Waals surface area contributed by atoms with Crippen LogP contribution in [0, 0.1) is 0 Å². The Labute approximate surface area is 353 Å². The van der Waals surface area contributed by atoms with Crippen LogP contribution in [0.15, 0.2) is 24.3 Å². The average Bonchev–Trinajstić information content (AvgIpc) is 3.20. The number of carbonyl (C=O) groups excluding carboxylic acids is 2. The summed E-state index contributed by atoms with van der Waals surface area (Å²) in [4.78, 5) is 46.0. The number of allylic oxidation sites excluding steroid dienone is 4. The van der Waals surface area contributed by atoms with Gasteiger partial charge in [0.25, 0.3) is 0 Å². The minimum atomic E-state index is -4.72. The maximum absolute atomic E-state index is 12.7. The molecule has 0 saturated carbocycles.